The number of benzene rings is 1. The topological polar surface area (TPSA) is 66.5 Å². The number of para-hydroxylation sites is 2. The minimum Gasteiger partial charge on any atom is -0.495 e. The van der Waals surface area contributed by atoms with E-state index in [1.165, 1.54) is 0 Å². The summed E-state index contributed by atoms with van der Waals surface area (Å²) >= 11 is 1.57. The third kappa shape index (κ3) is 4.09. The van der Waals surface area contributed by atoms with Crippen LogP contribution in [-0.4, -0.2) is 37.3 Å². The van der Waals surface area contributed by atoms with Crippen molar-refractivity contribution in [1.82, 2.24) is 15.6 Å². The van der Waals surface area contributed by atoms with Crippen LogP contribution in [0.5, 0.6) is 5.75 Å². The Bertz CT molecular complexity index is 774. The molecule has 140 valence electrons. The molecular formula is C19H26N4O2S. The van der Waals surface area contributed by atoms with Crippen molar-refractivity contribution in [3.05, 3.63) is 40.3 Å². The lowest BCUT2D eigenvalue weighted by Crippen LogP contribution is -2.50. The summed E-state index contributed by atoms with van der Waals surface area (Å²) in [7, 11) is 1.68. The number of aromatic nitrogens is 1. The van der Waals surface area contributed by atoms with Crippen LogP contribution in [0.15, 0.2) is 29.6 Å². The van der Waals surface area contributed by atoms with Gasteiger partial charge in [-0.25, -0.2) is 9.78 Å². The molecule has 2 amide bonds. The molecule has 2 aromatic rings. The summed E-state index contributed by atoms with van der Waals surface area (Å²) in [4.78, 5) is 19.2. The zero-order valence-corrected chi connectivity index (χ0v) is 16.5. The van der Waals surface area contributed by atoms with Gasteiger partial charge in [0.1, 0.15) is 10.8 Å². The first-order valence-electron chi connectivity index (χ1n) is 8.78. The number of hydrogen-bond acceptors (Lipinski definition) is 5. The van der Waals surface area contributed by atoms with Gasteiger partial charge >= 0.3 is 6.03 Å². The summed E-state index contributed by atoms with van der Waals surface area (Å²) in [6.07, 6.45) is 0.905. The number of aryl methyl sites for hydroxylation is 1. The second-order valence-electron chi connectivity index (χ2n) is 7.12. The van der Waals surface area contributed by atoms with E-state index < -0.39 is 5.54 Å². The van der Waals surface area contributed by atoms with Crippen LogP contribution in [0, 0.1) is 6.92 Å². The highest BCUT2D eigenvalue weighted by Gasteiger charge is 2.29. The van der Waals surface area contributed by atoms with E-state index in [-0.39, 0.29) is 12.1 Å². The number of thiazole rings is 1. The molecule has 1 unspecified atom stereocenters. The molecule has 1 aromatic carbocycles. The standard InChI is InChI=1S/C19H26N4O2S/c1-13-12-26-17(20-13)19(2,3)22-18(24)21-14-9-10-23(11-14)15-7-5-6-8-16(15)25-4/h5-8,12,14H,9-11H2,1-4H3,(H2,21,22,24). The number of amides is 2. The molecule has 1 fully saturated rings. The first-order chi connectivity index (χ1) is 12.4. The maximum Gasteiger partial charge on any atom is 0.315 e. The zero-order valence-electron chi connectivity index (χ0n) is 15.7. The Labute approximate surface area is 158 Å². The first kappa shape index (κ1) is 18.5. The zero-order chi connectivity index (χ0) is 18.7. The lowest BCUT2D eigenvalue weighted by atomic mass is 10.1. The molecule has 3 rings (SSSR count). The van der Waals surface area contributed by atoms with Crippen molar-refractivity contribution in [2.75, 3.05) is 25.1 Å². The maximum atomic E-state index is 12.5. The number of ether oxygens (including phenoxy) is 1. The summed E-state index contributed by atoms with van der Waals surface area (Å²) in [6.45, 7) is 7.56. The summed E-state index contributed by atoms with van der Waals surface area (Å²) in [6, 6.07) is 7.92. The predicted molar refractivity (Wildman–Crippen MR) is 105 cm³/mol. The third-order valence-electron chi connectivity index (χ3n) is 4.53. The number of rotatable bonds is 5. The highest BCUT2D eigenvalue weighted by molar-refractivity contribution is 7.09. The Kier molecular flexibility index (Phi) is 5.36. The van der Waals surface area contributed by atoms with Crippen molar-refractivity contribution >= 4 is 23.1 Å². The van der Waals surface area contributed by atoms with E-state index in [2.05, 4.69) is 26.6 Å². The number of methoxy groups -OCH3 is 1. The fourth-order valence-electron chi connectivity index (χ4n) is 3.19. The minimum absolute atomic E-state index is 0.105. The molecule has 0 saturated carbocycles. The molecule has 26 heavy (non-hydrogen) atoms. The van der Waals surface area contributed by atoms with Crippen LogP contribution in [0.2, 0.25) is 0 Å². The minimum atomic E-state index is -0.496. The van der Waals surface area contributed by atoms with E-state index in [1.54, 1.807) is 18.4 Å². The monoisotopic (exact) mass is 374 g/mol. The average Bonchev–Trinajstić information content (AvgIpc) is 3.23. The van der Waals surface area contributed by atoms with Gasteiger partial charge in [0.2, 0.25) is 0 Å². The van der Waals surface area contributed by atoms with Gasteiger partial charge in [0.25, 0.3) is 0 Å². The fraction of sp³-hybridized carbons (Fsp3) is 0.474. The Morgan fingerprint density at radius 1 is 1.38 bits per heavy atom. The van der Waals surface area contributed by atoms with Gasteiger partial charge in [-0.1, -0.05) is 12.1 Å². The highest BCUT2D eigenvalue weighted by atomic mass is 32.1. The molecule has 1 aliphatic heterocycles. The lowest BCUT2D eigenvalue weighted by Gasteiger charge is -2.25. The number of hydrogen-bond donors (Lipinski definition) is 2. The summed E-state index contributed by atoms with van der Waals surface area (Å²) < 4.78 is 5.44. The van der Waals surface area contributed by atoms with Crippen LogP contribution in [0.3, 0.4) is 0 Å². The second kappa shape index (κ2) is 7.53. The van der Waals surface area contributed by atoms with Crippen molar-refractivity contribution < 1.29 is 9.53 Å². The van der Waals surface area contributed by atoms with Crippen LogP contribution in [-0.2, 0) is 5.54 Å². The van der Waals surface area contributed by atoms with Gasteiger partial charge in [-0.2, -0.15) is 0 Å². The predicted octanol–water partition coefficient (Wildman–Crippen LogP) is 3.27. The molecule has 7 heteroatoms. The summed E-state index contributed by atoms with van der Waals surface area (Å²) in [5.74, 6) is 0.859. The van der Waals surface area contributed by atoms with Gasteiger partial charge in [0.15, 0.2) is 0 Å². The van der Waals surface area contributed by atoms with Crippen LogP contribution < -0.4 is 20.3 Å². The quantitative estimate of drug-likeness (QED) is 0.843. The number of nitrogens with zero attached hydrogens (tertiary/aromatic N) is 2. The van der Waals surface area contributed by atoms with Crippen molar-refractivity contribution in [1.29, 1.82) is 0 Å². The lowest BCUT2D eigenvalue weighted by molar-refractivity contribution is 0.227. The highest BCUT2D eigenvalue weighted by Crippen LogP contribution is 2.30. The van der Waals surface area contributed by atoms with Crippen LogP contribution >= 0.6 is 11.3 Å². The molecule has 2 heterocycles. The number of anilines is 1. The molecule has 1 atom stereocenters. The second-order valence-corrected chi connectivity index (χ2v) is 7.98. The number of urea groups is 1. The molecule has 1 saturated heterocycles. The van der Waals surface area contributed by atoms with Crippen LogP contribution in [0.4, 0.5) is 10.5 Å². The van der Waals surface area contributed by atoms with E-state index in [0.29, 0.717) is 0 Å². The normalized spacial score (nSPS) is 17.2. The number of carbonyl (C=O) groups is 1. The molecule has 1 aliphatic rings. The molecule has 0 spiro atoms. The van der Waals surface area contributed by atoms with Gasteiger partial charge in [0.05, 0.1) is 18.3 Å². The summed E-state index contributed by atoms with van der Waals surface area (Å²) in [5, 5.41) is 9.05. The van der Waals surface area contributed by atoms with Gasteiger partial charge in [-0.05, 0) is 39.3 Å². The Hall–Kier alpha value is -2.28. The van der Waals surface area contributed by atoms with Crippen LogP contribution in [0.1, 0.15) is 31.0 Å². The SMILES string of the molecule is COc1ccccc1N1CCC(NC(=O)NC(C)(C)c2nc(C)cs2)C1. The van der Waals surface area contributed by atoms with Gasteiger partial charge in [-0.15, -0.1) is 11.3 Å². The van der Waals surface area contributed by atoms with Gasteiger partial charge < -0.3 is 20.3 Å². The summed E-state index contributed by atoms with van der Waals surface area (Å²) in [5.41, 5.74) is 1.55. The first-order valence-corrected chi connectivity index (χ1v) is 9.66. The van der Waals surface area contributed by atoms with Crippen LogP contribution in [0.25, 0.3) is 0 Å². The molecule has 0 radical (unpaired) electrons. The number of carbonyl (C=O) groups excluding carboxylic acids is 1. The van der Waals surface area contributed by atoms with Crippen molar-refractivity contribution in [3.8, 4) is 5.75 Å². The van der Waals surface area contributed by atoms with E-state index in [0.717, 1.165) is 41.6 Å². The van der Waals surface area contributed by atoms with E-state index in [1.807, 2.05) is 44.4 Å². The van der Waals surface area contributed by atoms with Crippen molar-refractivity contribution in [3.63, 3.8) is 0 Å². The smallest absolute Gasteiger partial charge is 0.315 e. The largest absolute Gasteiger partial charge is 0.495 e. The number of nitrogens with one attached hydrogen (secondary N) is 2. The van der Waals surface area contributed by atoms with E-state index >= 15 is 0 Å². The molecule has 0 aliphatic carbocycles. The van der Waals surface area contributed by atoms with E-state index in [9.17, 15) is 4.79 Å². The third-order valence-corrected chi connectivity index (χ3v) is 5.81. The Morgan fingerprint density at radius 2 is 2.15 bits per heavy atom. The fourth-order valence-corrected chi connectivity index (χ4v) is 4.06. The maximum absolute atomic E-state index is 12.5. The average molecular weight is 375 g/mol. The van der Waals surface area contributed by atoms with Crippen molar-refractivity contribution in [2.24, 2.45) is 0 Å². The van der Waals surface area contributed by atoms with E-state index in [4.69, 9.17) is 4.74 Å². The van der Waals surface area contributed by atoms with Crippen molar-refractivity contribution in [2.45, 2.75) is 38.8 Å². The Morgan fingerprint density at radius 3 is 2.85 bits per heavy atom. The molecule has 1 aromatic heterocycles. The molecule has 0 bridgehead atoms. The molecular weight excluding hydrogens is 348 g/mol. The Balaban J connectivity index is 1.57. The van der Waals surface area contributed by atoms with Gasteiger partial charge in [0, 0.05) is 30.2 Å². The molecule has 6 nitrogen and oxygen atoms in total. The van der Waals surface area contributed by atoms with Gasteiger partial charge in [-0.3, -0.25) is 0 Å². The molecule has 2 N–H and O–H groups in total.